The summed E-state index contributed by atoms with van der Waals surface area (Å²) in [6.07, 6.45) is 57.5. The molecular formula is C67H123NO10. The fourth-order valence-electron chi connectivity index (χ4n) is 10.4. The maximum Gasteiger partial charge on any atom is 0.306 e. The summed E-state index contributed by atoms with van der Waals surface area (Å²) in [5, 5.41) is 56.9. The number of esters is 1. The maximum atomic E-state index is 13.4. The minimum atomic E-state index is -1.62. The first-order chi connectivity index (χ1) is 38.2. The zero-order valence-electron chi connectivity index (χ0n) is 50.5. The number of ether oxygens (including phenoxy) is 3. The fraction of sp³-hybridized carbons (Fsp3) is 0.851. The van der Waals surface area contributed by atoms with Gasteiger partial charge >= 0.3 is 5.97 Å². The van der Waals surface area contributed by atoms with Gasteiger partial charge in [0.15, 0.2) is 12.4 Å². The van der Waals surface area contributed by atoms with Gasteiger partial charge in [0, 0.05) is 6.42 Å². The highest BCUT2D eigenvalue weighted by molar-refractivity contribution is 5.80. The molecule has 8 atom stereocenters. The highest BCUT2D eigenvalue weighted by Crippen LogP contribution is 2.26. The molecule has 11 heteroatoms. The second kappa shape index (κ2) is 55.2. The lowest BCUT2D eigenvalue weighted by Gasteiger charge is -2.41. The first kappa shape index (κ1) is 73.6. The van der Waals surface area contributed by atoms with Crippen LogP contribution in [-0.4, -0.2) is 99.6 Å². The molecule has 456 valence electrons. The third kappa shape index (κ3) is 42.5. The Morgan fingerprint density at radius 1 is 0.513 bits per heavy atom. The lowest BCUT2D eigenvalue weighted by atomic mass is 9.99. The number of allylic oxidation sites excluding steroid dienone is 7. The molecule has 1 amide bonds. The van der Waals surface area contributed by atoms with Crippen LogP contribution in [0.1, 0.15) is 303 Å². The van der Waals surface area contributed by atoms with E-state index >= 15 is 0 Å². The van der Waals surface area contributed by atoms with Crippen molar-refractivity contribution in [2.75, 3.05) is 13.2 Å². The van der Waals surface area contributed by atoms with Gasteiger partial charge < -0.3 is 45.1 Å². The number of nitrogens with one attached hydrogen (secondary N) is 1. The lowest BCUT2D eigenvalue weighted by molar-refractivity contribution is -0.305. The molecule has 0 aromatic carbocycles. The van der Waals surface area contributed by atoms with Crippen LogP contribution in [0.15, 0.2) is 48.6 Å². The molecular weight excluding hydrogens is 979 g/mol. The van der Waals surface area contributed by atoms with E-state index in [1.54, 1.807) is 6.08 Å². The van der Waals surface area contributed by atoms with Crippen molar-refractivity contribution in [3.05, 3.63) is 48.6 Å². The van der Waals surface area contributed by atoms with Crippen LogP contribution in [0, 0.1) is 0 Å². The van der Waals surface area contributed by atoms with Crippen molar-refractivity contribution in [2.24, 2.45) is 0 Å². The first-order valence-electron chi connectivity index (χ1n) is 32.9. The zero-order valence-corrected chi connectivity index (χ0v) is 50.5. The summed E-state index contributed by atoms with van der Waals surface area (Å²) in [6, 6.07) is -1.03. The number of carbonyl (C=O) groups excluding carboxylic acids is 2. The molecule has 78 heavy (non-hydrogen) atoms. The summed E-state index contributed by atoms with van der Waals surface area (Å²) in [5.41, 5.74) is 0. The Bertz CT molecular complexity index is 1450. The van der Waals surface area contributed by atoms with Gasteiger partial charge in [-0.1, -0.05) is 301 Å². The second-order valence-electron chi connectivity index (χ2n) is 22.9. The van der Waals surface area contributed by atoms with Gasteiger partial charge in [-0.2, -0.15) is 0 Å². The van der Waals surface area contributed by atoms with Crippen LogP contribution < -0.4 is 5.32 Å². The largest absolute Gasteiger partial charge is 0.454 e. The molecule has 1 aliphatic heterocycles. The van der Waals surface area contributed by atoms with E-state index in [1.807, 2.05) is 30.4 Å². The van der Waals surface area contributed by atoms with Crippen LogP contribution >= 0.6 is 0 Å². The van der Waals surface area contributed by atoms with E-state index in [4.69, 9.17) is 14.2 Å². The predicted octanol–water partition coefficient (Wildman–Crippen LogP) is 16.0. The van der Waals surface area contributed by atoms with Gasteiger partial charge in [0.05, 0.1) is 25.4 Å². The number of aliphatic hydroxyl groups excluding tert-OH is 5. The average Bonchev–Trinajstić information content (AvgIpc) is 3.45. The summed E-state index contributed by atoms with van der Waals surface area (Å²) >= 11 is 0. The third-order valence-corrected chi connectivity index (χ3v) is 15.6. The van der Waals surface area contributed by atoms with Crippen molar-refractivity contribution in [3.8, 4) is 0 Å². The van der Waals surface area contributed by atoms with Gasteiger partial charge in [-0.25, -0.2) is 0 Å². The van der Waals surface area contributed by atoms with Gasteiger partial charge in [0.1, 0.15) is 24.4 Å². The summed E-state index contributed by atoms with van der Waals surface area (Å²) < 4.78 is 17.6. The van der Waals surface area contributed by atoms with Crippen molar-refractivity contribution >= 4 is 11.9 Å². The van der Waals surface area contributed by atoms with Crippen molar-refractivity contribution < 1.29 is 49.3 Å². The molecule has 1 fully saturated rings. The quantitative estimate of drug-likeness (QED) is 0.0149. The SMILES string of the molecule is CC/C=C/C=C/C=C\CCCCCCC(O)C(=O)NC(COC1OC(CO)C(O)C(O)C1OC(=O)CCCCCCCCCCCCCCCCCCCCCCCCCCC)C(O)/C=C/CCCCCCCCCCCC. The summed E-state index contributed by atoms with van der Waals surface area (Å²) in [5.74, 6) is -1.21. The summed E-state index contributed by atoms with van der Waals surface area (Å²) in [7, 11) is 0. The van der Waals surface area contributed by atoms with E-state index in [2.05, 4.69) is 38.2 Å². The smallest absolute Gasteiger partial charge is 0.306 e. The Balaban J connectivity index is 2.55. The van der Waals surface area contributed by atoms with Crippen LogP contribution in [-0.2, 0) is 23.8 Å². The number of hydrogen-bond acceptors (Lipinski definition) is 10. The Labute approximate surface area is 478 Å². The van der Waals surface area contributed by atoms with Gasteiger partial charge in [-0.05, 0) is 44.9 Å². The second-order valence-corrected chi connectivity index (χ2v) is 22.9. The number of aliphatic hydroxyl groups is 5. The maximum absolute atomic E-state index is 13.4. The zero-order chi connectivity index (χ0) is 56.8. The number of hydrogen-bond donors (Lipinski definition) is 6. The lowest BCUT2D eigenvalue weighted by Crippen LogP contribution is -2.61. The molecule has 0 radical (unpaired) electrons. The van der Waals surface area contributed by atoms with Crippen LogP contribution in [0.5, 0.6) is 0 Å². The van der Waals surface area contributed by atoms with Crippen LogP contribution in [0.4, 0.5) is 0 Å². The molecule has 0 aromatic rings. The number of rotatable bonds is 56. The van der Waals surface area contributed by atoms with Crippen LogP contribution in [0.2, 0.25) is 0 Å². The minimum absolute atomic E-state index is 0.125. The van der Waals surface area contributed by atoms with Gasteiger partial charge in [-0.3, -0.25) is 9.59 Å². The normalized spacial score (nSPS) is 19.2. The molecule has 11 nitrogen and oxygen atoms in total. The number of amides is 1. The van der Waals surface area contributed by atoms with Gasteiger partial charge in [0.25, 0.3) is 0 Å². The molecule has 0 saturated carbocycles. The topological polar surface area (TPSA) is 175 Å². The van der Waals surface area contributed by atoms with E-state index in [0.29, 0.717) is 12.8 Å². The molecule has 1 saturated heterocycles. The molecule has 8 unspecified atom stereocenters. The first-order valence-corrected chi connectivity index (χ1v) is 32.9. The highest BCUT2D eigenvalue weighted by atomic mass is 16.7. The predicted molar refractivity (Wildman–Crippen MR) is 324 cm³/mol. The van der Waals surface area contributed by atoms with E-state index < -0.39 is 67.4 Å². The van der Waals surface area contributed by atoms with E-state index in [1.165, 1.54) is 186 Å². The van der Waals surface area contributed by atoms with Gasteiger partial charge in [0.2, 0.25) is 5.91 Å². The fourth-order valence-corrected chi connectivity index (χ4v) is 10.4. The van der Waals surface area contributed by atoms with Crippen molar-refractivity contribution in [1.29, 1.82) is 0 Å². The van der Waals surface area contributed by atoms with Crippen LogP contribution in [0.25, 0.3) is 0 Å². The Hall–Kier alpha value is -2.38. The van der Waals surface area contributed by atoms with Crippen molar-refractivity contribution in [3.63, 3.8) is 0 Å². The Morgan fingerprint density at radius 2 is 0.923 bits per heavy atom. The molecule has 0 bridgehead atoms. The highest BCUT2D eigenvalue weighted by Gasteiger charge is 2.47. The minimum Gasteiger partial charge on any atom is -0.454 e. The van der Waals surface area contributed by atoms with E-state index in [-0.39, 0.29) is 19.4 Å². The van der Waals surface area contributed by atoms with Crippen molar-refractivity contribution in [1.82, 2.24) is 5.32 Å². The molecule has 0 spiro atoms. The third-order valence-electron chi connectivity index (χ3n) is 15.6. The summed E-state index contributed by atoms with van der Waals surface area (Å²) in [6.45, 7) is 5.66. The van der Waals surface area contributed by atoms with E-state index in [9.17, 15) is 35.1 Å². The molecule has 6 N–H and O–H groups in total. The van der Waals surface area contributed by atoms with Crippen molar-refractivity contribution in [2.45, 2.75) is 352 Å². The molecule has 0 aliphatic carbocycles. The molecule has 0 aromatic heterocycles. The standard InChI is InChI=1S/C67H123NO10/c1-4-7-10-13-16-19-22-25-26-27-28-29-30-31-32-33-34-35-36-37-40-43-46-49-52-55-62(72)78-65-64(74)63(73)61(56-69)77-67(65)76-57-58(59(70)53-50-47-44-41-38-23-20-17-14-11-8-5-2)68-66(75)60(71)54-51-48-45-42-39-24-21-18-15-12-9-6-3/h9,12,15,18,21,24,50,53,58-61,63-65,67,69-71,73-74H,4-8,10-11,13-14,16-17,19-20,22-23,25-49,51-52,54-57H2,1-3H3,(H,68,75)/b12-9+,18-15+,24-21-,53-50+. The number of unbranched alkanes of at least 4 members (excludes halogenated alkanes) is 38. The molecule has 1 heterocycles. The van der Waals surface area contributed by atoms with Gasteiger partial charge in [-0.15, -0.1) is 0 Å². The summed E-state index contributed by atoms with van der Waals surface area (Å²) in [4.78, 5) is 26.5. The monoisotopic (exact) mass is 1100 g/mol. The van der Waals surface area contributed by atoms with Crippen LogP contribution in [0.3, 0.4) is 0 Å². The average molecular weight is 1100 g/mol. The van der Waals surface area contributed by atoms with E-state index in [0.717, 1.165) is 70.6 Å². The molecule has 1 aliphatic rings. The number of carbonyl (C=O) groups is 2. The Kier molecular flexibility index (Phi) is 52.1. The Morgan fingerprint density at radius 3 is 1.37 bits per heavy atom. The molecule has 1 rings (SSSR count).